The smallest absolute Gasteiger partial charge is 0.313 e. The molecule has 2 N–H and O–H groups in total. The molecule has 0 bridgehead atoms. The molecule has 138 valence electrons. The Morgan fingerprint density at radius 3 is 2.04 bits per heavy atom. The molecule has 5 heteroatoms. The van der Waals surface area contributed by atoms with E-state index in [0.717, 1.165) is 30.6 Å². The van der Waals surface area contributed by atoms with E-state index in [1.54, 1.807) is 17.0 Å². The predicted molar refractivity (Wildman–Crippen MR) is 107 cm³/mol. The van der Waals surface area contributed by atoms with Crippen LogP contribution in [-0.2, 0) is 9.59 Å². The van der Waals surface area contributed by atoms with E-state index in [9.17, 15) is 9.59 Å². The molecule has 0 heterocycles. The number of nitrogens with zero attached hydrogens (tertiary/aromatic N) is 1. The first-order valence-corrected chi connectivity index (χ1v) is 9.16. The van der Waals surface area contributed by atoms with Crippen molar-refractivity contribution < 1.29 is 9.59 Å². The Kier molecular flexibility index (Phi) is 7.68. The van der Waals surface area contributed by atoms with E-state index >= 15 is 0 Å². The van der Waals surface area contributed by atoms with Crippen molar-refractivity contribution >= 4 is 28.9 Å². The van der Waals surface area contributed by atoms with Gasteiger partial charge in [-0.3, -0.25) is 9.59 Å². The van der Waals surface area contributed by atoms with E-state index in [1.165, 1.54) is 0 Å². The zero-order valence-electron chi connectivity index (χ0n) is 15.5. The van der Waals surface area contributed by atoms with Crippen LogP contribution in [0.3, 0.4) is 0 Å². The van der Waals surface area contributed by atoms with Crippen LogP contribution in [0.4, 0.5) is 17.1 Å². The number of nitrogens with one attached hydrogen (secondary N) is 2. The Labute approximate surface area is 155 Å². The van der Waals surface area contributed by atoms with Crippen molar-refractivity contribution in [3.05, 3.63) is 54.6 Å². The Bertz CT molecular complexity index is 699. The summed E-state index contributed by atoms with van der Waals surface area (Å²) < 4.78 is 0. The standard InChI is InChI=1S/C21H27N3O2/c1-3-5-16-24(15-4-2)21(26)20(25)23-19-13-11-18(12-14-19)22-17-9-7-6-8-10-17/h6-14,22H,3-5,15-16H2,1-2H3,(H,23,25). The molecule has 2 aromatic rings. The minimum Gasteiger partial charge on any atom is -0.356 e. The van der Waals surface area contributed by atoms with Gasteiger partial charge in [-0.25, -0.2) is 0 Å². The second kappa shape index (κ2) is 10.2. The van der Waals surface area contributed by atoms with Gasteiger partial charge in [0.2, 0.25) is 0 Å². The van der Waals surface area contributed by atoms with Crippen molar-refractivity contribution in [1.82, 2.24) is 4.90 Å². The number of rotatable bonds is 8. The Morgan fingerprint density at radius 2 is 1.42 bits per heavy atom. The van der Waals surface area contributed by atoms with E-state index in [0.29, 0.717) is 18.8 Å². The van der Waals surface area contributed by atoms with Crippen LogP contribution in [-0.4, -0.2) is 29.8 Å². The maximum absolute atomic E-state index is 12.4. The molecule has 0 saturated heterocycles. The Morgan fingerprint density at radius 1 is 0.808 bits per heavy atom. The van der Waals surface area contributed by atoms with E-state index in [1.807, 2.05) is 49.4 Å². The first-order valence-electron chi connectivity index (χ1n) is 9.16. The summed E-state index contributed by atoms with van der Waals surface area (Å²) in [6, 6.07) is 17.1. The van der Waals surface area contributed by atoms with E-state index < -0.39 is 11.8 Å². The maximum atomic E-state index is 12.4. The lowest BCUT2D eigenvalue weighted by molar-refractivity contribution is -0.143. The monoisotopic (exact) mass is 353 g/mol. The predicted octanol–water partition coefficient (Wildman–Crippen LogP) is 4.41. The fourth-order valence-corrected chi connectivity index (χ4v) is 2.59. The van der Waals surface area contributed by atoms with Gasteiger partial charge in [0.25, 0.3) is 0 Å². The molecule has 2 aromatic carbocycles. The second-order valence-electron chi connectivity index (χ2n) is 6.17. The van der Waals surface area contributed by atoms with E-state index in [4.69, 9.17) is 0 Å². The number of hydrogen-bond donors (Lipinski definition) is 2. The van der Waals surface area contributed by atoms with Gasteiger partial charge < -0.3 is 15.5 Å². The molecule has 0 spiro atoms. The molecule has 2 amide bonds. The fraction of sp³-hybridized carbons (Fsp3) is 0.333. The number of carbonyl (C=O) groups excluding carboxylic acids is 2. The SMILES string of the molecule is CCCCN(CCC)C(=O)C(=O)Nc1ccc(Nc2ccccc2)cc1. The number of unbranched alkanes of at least 4 members (excludes halogenated alkanes) is 1. The van der Waals surface area contributed by atoms with Crippen LogP contribution in [0.5, 0.6) is 0 Å². The van der Waals surface area contributed by atoms with Gasteiger partial charge in [0.1, 0.15) is 0 Å². The first kappa shape index (κ1) is 19.5. The molecule has 5 nitrogen and oxygen atoms in total. The van der Waals surface area contributed by atoms with Gasteiger partial charge in [0.05, 0.1) is 0 Å². The van der Waals surface area contributed by atoms with Crippen molar-refractivity contribution in [2.75, 3.05) is 23.7 Å². The lowest BCUT2D eigenvalue weighted by Crippen LogP contribution is -2.40. The van der Waals surface area contributed by atoms with Crippen molar-refractivity contribution in [2.24, 2.45) is 0 Å². The van der Waals surface area contributed by atoms with Crippen molar-refractivity contribution in [3.8, 4) is 0 Å². The zero-order chi connectivity index (χ0) is 18.8. The third-order valence-electron chi connectivity index (χ3n) is 3.96. The van der Waals surface area contributed by atoms with Gasteiger partial charge >= 0.3 is 11.8 Å². The number of benzene rings is 2. The molecule has 0 aliphatic rings. The fourth-order valence-electron chi connectivity index (χ4n) is 2.59. The highest BCUT2D eigenvalue weighted by Gasteiger charge is 2.20. The molecule has 2 rings (SSSR count). The zero-order valence-corrected chi connectivity index (χ0v) is 15.5. The van der Waals surface area contributed by atoms with Crippen LogP contribution < -0.4 is 10.6 Å². The summed E-state index contributed by atoms with van der Waals surface area (Å²) in [6.45, 7) is 5.30. The molecule has 0 aliphatic carbocycles. The van der Waals surface area contributed by atoms with Gasteiger partial charge in [0.15, 0.2) is 0 Å². The summed E-state index contributed by atoms with van der Waals surface area (Å²) in [5, 5.41) is 5.97. The lowest BCUT2D eigenvalue weighted by Gasteiger charge is -2.21. The quantitative estimate of drug-likeness (QED) is 0.691. The number of hydrogen-bond acceptors (Lipinski definition) is 3. The minimum atomic E-state index is -0.585. The van der Waals surface area contributed by atoms with Crippen LogP contribution in [0, 0.1) is 0 Å². The number of amides is 2. The van der Waals surface area contributed by atoms with Gasteiger partial charge in [-0.1, -0.05) is 38.5 Å². The normalized spacial score (nSPS) is 10.2. The maximum Gasteiger partial charge on any atom is 0.313 e. The number of carbonyl (C=O) groups is 2. The van der Waals surface area contributed by atoms with Crippen LogP contribution in [0.15, 0.2) is 54.6 Å². The molecule has 26 heavy (non-hydrogen) atoms. The molecule has 0 saturated carbocycles. The molecular weight excluding hydrogens is 326 g/mol. The lowest BCUT2D eigenvalue weighted by atomic mass is 10.2. The summed E-state index contributed by atoms with van der Waals surface area (Å²) >= 11 is 0. The van der Waals surface area contributed by atoms with Gasteiger partial charge in [-0.2, -0.15) is 0 Å². The molecular formula is C21H27N3O2. The number of anilines is 3. The summed E-state index contributed by atoms with van der Waals surface area (Å²) in [4.78, 5) is 26.2. The summed E-state index contributed by atoms with van der Waals surface area (Å²) in [6.07, 6.45) is 2.73. The third-order valence-corrected chi connectivity index (χ3v) is 3.96. The van der Waals surface area contributed by atoms with Crippen molar-refractivity contribution in [1.29, 1.82) is 0 Å². The molecule has 0 aromatic heterocycles. The van der Waals surface area contributed by atoms with E-state index in [2.05, 4.69) is 17.6 Å². The van der Waals surface area contributed by atoms with Crippen molar-refractivity contribution in [2.45, 2.75) is 33.1 Å². The van der Waals surface area contributed by atoms with E-state index in [-0.39, 0.29) is 0 Å². The van der Waals surface area contributed by atoms with Crippen LogP contribution in [0.25, 0.3) is 0 Å². The molecule has 0 fully saturated rings. The van der Waals surface area contributed by atoms with Gasteiger partial charge in [-0.15, -0.1) is 0 Å². The number of para-hydroxylation sites is 1. The molecule has 0 aliphatic heterocycles. The van der Waals surface area contributed by atoms with Gasteiger partial charge in [-0.05, 0) is 49.2 Å². The molecule has 0 unspecified atom stereocenters. The topological polar surface area (TPSA) is 61.4 Å². The summed E-state index contributed by atoms with van der Waals surface area (Å²) in [5.74, 6) is -1.05. The largest absolute Gasteiger partial charge is 0.356 e. The highest BCUT2D eigenvalue weighted by atomic mass is 16.2. The van der Waals surface area contributed by atoms with Crippen LogP contribution in [0.1, 0.15) is 33.1 Å². The van der Waals surface area contributed by atoms with Crippen molar-refractivity contribution in [3.63, 3.8) is 0 Å². The summed E-state index contributed by atoms with van der Waals surface area (Å²) in [7, 11) is 0. The molecule has 0 radical (unpaired) electrons. The van der Waals surface area contributed by atoms with Crippen LogP contribution in [0.2, 0.25) is 0 Å². The second-order valence-corrected chi connectivity index (χ2v) is 6.17. The van der Waals surface area contributed by atoms with Gasteiger partial charge in [0, 0.05) is 30.2 Å². The Balaban J connectivity index is 1.94. The minimum absolute atomic E-state index is 0.466. The average molecular weight is 353 g/mol. The highest BCUT2D eigenvalue weighted by molar-refractivity contribution is 6.39. The third kappa shape index (κ3) is 5.92. The summed E-state index contributed by atoms with van der Waals surface area (Å²) in [5.41, 5.74) is 2.51. The average Bonchev–Trinajstić information content (AvgIpc) is 2.67. The highest BCUT2D eigenvalue weighted by Crippen LogP contribution is 2.18. The first-order chi connectivity index (χ1) is 12.6. The molecule has 0 atom stereocenters. The Hall–Kier alpha value is -2.82. The van der Waals surface area contributed by atoms with Crippen LogP contribution >= 0.6 is 0 Å².